The normalized spacial score (nSPS) is 16.2. The Hall–Kier alpha value is -3.31. The summed E-state index contributed by atoms with van der Waals surface area (Å²) in [5.41, 5.74) is 4.44. The lowest BCUT2D eigenvalue weighted by molar-refractivity contribution is -0.137. The molecule has 1 atom stereocenters. The van der Waals surface area contributed by atoms with Crippen molar-refractivity contribution >= 4 is 23.5 Å². The predicted octanol–water partition coefficient (Wildman–Crippen LogP) is 6.74. The number of hydrogen-bond donors (Lipinski definition) is 1. The Morgan fingerprint density at radius 1 is 1.03 bits per heavy atom. The van der Waals surface area contributed by atoms with Gasteiger partial charge in [0.1, 0.15) is 11.4 Å². The molecule has 0 saturated heterocycles. The first-order chi connectivity index (χ1) is 17.7. The molecule has 0 aliphatic carbocycles. The van der Waals surface area contributed by atoms with Gasteiger partial charge in [-0.1, -0.05) is 61.3 Å². The topological polar surface area (TPSA) is 66.8 Å². The number of amides is 1. The Bertz CT molecular complexity index is 1260. The van der Waals surface area contributed by atoms with Crippen molar-refractivity contribution in [3.05, 3.63) is 99.6 Å². The van der Waals surface area contributed by atoms with Crippen molar-refractivity contribution in [1.29, 1.82) is 0 Å². The molecule has 1 N–H and O–H groups in total. The van der Waals surface area contributed by atoms with E-state index in [0.29, 0.717) is 30.0 Å². The molecular weight excluding hydrogens is 486 g/mol. The summed E-state index contributed by atoms with van der Waals surface area (Å²) < 4.78 is 6.30. The second-order valence-corrected chi connectivity index (χ2v) is 10.6. The van der Waals surface area contributed by atoms with Gasteiger partial charge in [0.2, 0.25) is 0 Å². The molecular formula is C31H34ClNO4. The Kier molecular flexibility index (Phi) is 8.55. The van der Waals surface area contributed by atoms with E-state index in [4.69, 9.17) is 16.3 Å². The fraction of sp³-hybridized carbons (Fsp3) is 0.355. The summed E-state index contributed by atoms with van der Waals surface area (Å²) in [4.78, 5) is 26.5. The quantitative estimate of drug-likeness (QED) is 0.305. The Balaban J connectivity index is 1.49. The van der Waals surface area contributed by atoms with E-state index in [2.05, 4.69) is 26.0 Å². The van der Waals surface area contributed by atoms with Gasteiger partial charge >= 0.3 is 5.97 Å². The summed E-state index contributed by atoms with van der Waals surface area (Å²) in [7, 11) is 0. The number of carbonyl (C=O) groups excluding carboxylic acids is 1. The van der Waals surface area contributed by atoms with Crippen molar-refractivity contribution in [3.63, 3.8) is 0 Å². The van der Waals surface area contributed by atoms with Gasteiger partial charge in [-0.3, -0.25) is 9.59 Å². The Labute approximate surface area is 224 Å². The molecule has 3 aromatic carbocycles. The Morgan fingerprint density at radius 2 is 1.78 bits per heavy atom. The molecule has 1 aliphatic heterocycles. The van der Waals surface area contributed by atoms with Crippen LogP contribution in [-0.4, -0.2) is 34.0 Å². The molecule has 0 saturated carbocycles. The molecule has 194 valence electrons. The van der Waals surface area contributed by atoms with Gasteiger partial charge in [-0.2, -0.15) is 0 Å². The van der Waals surface area contributed by atoms with Crippen LogP contribution in [0.25, 0.3) is 0 Å². The van der Waals surface area contributed by atoms with Crippen molar-refractivity contribution < 1.29 is 19.4 Å². The largest absolute Gasteiger partial charge is 0.487 e. The lowest BCUT2D eigenvalue weighted by atomic mass is 9.91. The molecule has 37 heavy (non-hydrogen) atoms. The smallest absolute Gasteiger partial charge is 0.305 e. The van der Waals surface area contributed by atoms with Crippen LogP contribution in [0.2, 0.25) is 5.02 Å². The maximum atomic E-state index is 13.5. The third-order valence-electron chi connectivity index (χ3n) is 6.79. The molecule has 5 nitrogen and oxygen atoms in total. The van der Waals surface area contributed by atoms with Crippen LogP contribution in [0.4, 0.5) is 0 Å². The van der Waals surface area contributed by atoms with E-state index in [1.165, 1.54) is 5.56 Å². The van der Waals surface area contributed by atoms with Crippen LogP contribution < -0.4 is 4.74 Å². The zero-order chi connectivity index (χ0) is 26.4. The summed E-state index contributed by atoms with van der Waals surface area (Å²) in [6, 6.07) is 21.5. The second kappa shape index (κ2) is 11.8. The SMILES string of the molecule is CCCCc1ccc(CN(CCC(=O)O)C(=O)c2ccc3c(c2)CC(C)(Cc2cccc(Cl)c2)O3)cc1. The molecule has 4 rings (SSSR count). The monoisotopic (exact) mass is 519 g/mol. The van der Waals surface area contributed by atoms with Crippen LogP contribution in [0.15, 0.2) is 66.7 Å². The zero-order valence-electron chi connectivity index (χ0n) is 21.5. The number of aliphatic carboxylic acids is 1. The minimum atomic E-state index is -0.924. The first-order valence-corrected chi connectivity index (χ1v) is 13.3. The van der Waals surface area contributed by atoms with Crippen molar-refractivity contribution in [3.8, 4) is 5.75 Å². The molecule has 0 spiro atoms. The molecule has 1 amide bonds. The van der Waals surface area contributed by atoms with Crippen molar-refractivity contribution in [2.75, 3.05) is 6.54 Å². The van der Waals surface area contributed by atoms with Crippen molar-refractivity contribution in [2.24, 2.45) is 0 Å². The number of aryl methyl sites for hydroxylation is 1. The van der Waals surface area contributed by atoms with E-state index in [9.17, 15) is 14.7 Å². The number of hydrogen-bond acceptors (Lipinski definition) is 3. The minimum Gasteiger partial charge on any atom is -0.487 e. The van der Waals surface area contributed by atoms with Gasteiger partial charge in [0.25, 0.3) is 5.91 Å². The fourth-order valence-electron chi connectivity index (χ4n) is 4.91. The lowest BCUT2D eigenvalue weighted by Gasteiger charge is -2.24. The van der Waals surface area contributed by atoms with Gasteiger partial charge < -0.3 is 14.7 Å². The molecule has 0 aromatic heterocycles. The molecule has 1 heterocycles. The summed E-state index contributed by atoms with van der Waals surface area (Å²) in [6.45, 7) is 4.75. The molecule has 6 heteroatoms. The van der Waals surface area contributed by atoms with Crippen LogP contribution in [0, 0.1) is 0 Å². The van der Waals surface area contributed by atoms with Gasteiger partial charge in [0.15, 0.2) is 0 Å². The van der Waals surface area contributed by atoms with Crippen LogP contribution in [-0.2, 0) is 30.6 Å². The molecule has 0 bridgehead atoms. The summed E-state index contributed by atoms with van der Waals surface area (Å²) in [5, 5.41) is 9.96. The minimum absolute atomic E-state index is 0.105. The third kappa shape index (κ3) is 7.14. The van der Waals surface area contributed by atoms with Crippen LogP contribution in [0.1, 0.15) is 65.7 Å². The summed E-state index contributed by atoms with van der Waals surface area (Å²) in [5.74, 6) is -0.324. The number of halogens is 1. The summed E-state index contributed by atoms with van der Waals surface area (Å²) in [6.07, 6.45) is 4.58. The molecule has 1 unspecified atom stereocenters. The number of carboxylic acid groups (broad SMARTS) is 1. The van der Waals surface area contributed by atoms with E-state index >= 15 is 0 Å². The number of rotatable bonds is 11. The Morgan fingerprint density at radius 3 is 2.49 bits per heavy atom. The highest BCUT2D eigenvalue weighted by Gasteiger charge is 2.35. The number of carboxylic acids is 1. The highest BCUT2D eigenvalue weighted by atomic mass is 35.5. The number of carbonyl (C=O) groups is 2. The second-order valence-electron chi connectivity index (χ2n) is 10.1. The average molecular weight is 520 g/mol. The zero-order valence-corrected chi connectivity index (χ0v) is 22.3. The molecule has 1 aliphatic rings. The van der Waals surface area contributed by atoms with Crippen LogP contribution >= 0.6 is 11.6 Å². The summed E-state index contributed by atoms with van der Waals surface area (Å²) >= 11 is 6.16. The fourth-order valence-corrected chi connectivity index (χ4v) is 5.12. The van der Waals surface area contributed by atoms with Crippen LogP contribution in [0.3, 0.4) is 0 Å². The number of nitrogens with zero attached hydrogens (tertiary/aromatic N) is 1. The predicted molar refractivity (Wildman–Crippen MR) is 146 cm³/mol. The molecule has 0 radical (unpaired) electrons. The van der Waals surface area contributed by atoms with E-state index < -0.39 is 11.6 Å². The van der Waals surface area contributed by atoms with Gasteiger partial charge in [-0.05, 0) is 72.4 Å². The molecule has 0 fully saturated rings. The maximum absolute atomic E-state index is 13.5. The number of unbranched alkanes of at least 4 members (excludes halogenated alkanes) is 1. The van der Waals surface area contributed by atoms with Crippen molar-refractivity contribution in [2.45, 2.75) is 64.5 Å². The third-order valence-corrected chi connectivity index (χ3v) is 7.03. The number of ether oxygens (including phenoxy) is 1. The maximum Gasteiger partial charge on any atom is 0.305 e. The highest BCUT2D eigenvalue weighted by Crippen LogP contribution is 2.38. The first-order valence-electron chi connectivity index (χ1n) is 12.9. The average Bonchev–Trinajstić information content (AvgIpc) is 3.20. The van der Waals surface area contributed by atoms with E-state index in [-0.39, 0.29) is 18.9 Å². The standard InChI is InChI=1S/C31H34ClNO4/c1-3-4-6-22-9-11-23(12-10-22)21-33(16-15-29(34)35)30(36)25-13-14-28-26(18-25)20-31(2,37-28)19-24-7-5-8-27(32)17-24/h5,7-14,17-18H,3-4,6,15-16,19-21H2,1-2H3,(H,34,35). The van der Waals surface area contributed by atoms with Gasteiger partial charge in [-0.15, -0.1) is 0 Å². The number of benzene rings is 3. The van der Waals surface area contributed by atoms with Crippen molar-refractivity contribution in [1.82, 2.24) is 4.90 Å². The van der Waals surface area contributed by atoms with Gasteiger partial charge in [0.05, 0.1) is 6.42 Å². The van der Waals surface area contributed by atoms with Gasteiger partial charge in [0, 0.05) is 36.5 Å². The first kappa shape index (κ1) is 26.7. The lowest BCUT2D eigenvalue weighted by Crippen LogP contribution is -2.33. The van der Waals surface area contributed by atoms with Gasteiger partial charge in [-0.25, -0.2) is 0 Å². The van der Waals surface area contributed by atoms with E-state index in [1.54, 1.807) is 11.0 Å². The number of fused-ring (bicyclic) bond motifs is 1. The highest BCUT2D eigenvalue weighted by molar-refractivity contribution is 6.30. The molecule has 3 aromatic rings. The van der Waals surface area contributed by atoms with Crippen LogP contribution in [0.5, 0.6) is 5.75 Å². The van der Waals surface area contributed by atoms with E-state index in [0.717, 1.165) is 41.7 Å². The van der Waals surface area contributed by atoms with E-state index in [1.807, 2.05) is 48.5 Å².